The van der Waals surface area contributed by atoms with Crippen molar-refractivity contribution in [1.82, 2.24) is 4.90 Å². The Hall–Kier alpha value is -1.35. The summed E-state index contributed by atoms with van der Waals surface area (Å²) in [6.45, 7) is 13.3. The molecule has 0 aromatic heterocycles. The molecule has 0 saturated carbocycles. The quantitative estimate of drug-likeness (QED) is 0.897. The smallest absolute Gasteiger partial charge is 0.300 e. The van der Waals surface area contributed by atoms with Crippen LogP contribution in [0.2, 0.25) is 0 Å². The summed E-state index contributed by atoms with van der Waals surface area (Å²) in [5, 5.41) is 7.42. The molecular weight excluding hydrogens is 226 g/mol. The first-order valence-corrected chi connectivity index (χ1v) is 6.41. The van der Waals surface area contributed by atoms with Crippen molar-refractivity contribution in [2.24, 2.45) is 0 Å². The molecule has 3 nitrogen and oxygen atoms in total. The summed E-state index contributed by atoms with van der Waals surface area (Å²) in [5.41, 5.74) is 1.32. The van der Waals surface area contributed by atoms with Gasteiger partial charge in [-0.25, -0.2) is 0 Å². The molecule has 0 fully saturated rings. The molecule has 3 heteroatoms. The molecule has 0 radical (unpaired) electrons. The number of benzene rings is 1. The maximum atomic E-state index is 9.00. The summed E-state index contributed by atoms with van der Waals surface area (Å²) in [7, 11) is 0. The molecule has 0 saturated heterocycles. The fourth-order valence-corrected chi connectivity index (χ4v) is 1.21. The molecule has 1 N–H and O–H groups in total. The number of carboxylic acid groups (broad SMARTS) is 1. The summed E-state index contributed by atoms with van der Waals surface area (Å²) in [6, 6.07) is 10.3. The minimum Gasteiger partial charge on any atom is -0.481 e. The predicted molar refractivity (Wildman–Crippen MR) is 78.0 cm³/mol. The molecule has 0 atom stereocenters. The van der Waals surface area contributed by atoms with Gasteiger partial charge in [-0.05, 0) is 26.6 Å². The lowest BCUT2D eigenvalue weighted by Crippen LogP contribution is -2.21. The molecule has 0 spiro atoms. The van der Waals surface area contributed by atoms with Crippen LogP contribution in [0.4, 0.5) is 0 Å². The highest BCUT2D eigenvalue weighted by atomic mass is 16.4. The van der Waals surface area contributed by atoms with E-state index in [1.807, 2.05) is 18.2 Å². The molecule has 0 aliphatic rings. The number of carboxylic acids is 1. The van der Waals surface area contributed by atoms with Crippen molar-refractivity contribution in [3.05, 3.63) is 35.9 Å². The topological polar surface area (TPSA) is 40.5 Å². The number of carbonyl (C=O) groups is 1. The van der Waals surface area contributed by atoms with Crippen molar-refractivity contribution >= 4 is 5.97 Å². The number of nitrogens with zero attached hydrogens (tertiary/aromatic N) is 1. The number of hydrogen-bond donors (Lipinski definition) is 1. The molecule has 0 amide bonds. The van der Waals surface area contributed by atoms with Gasteiger partial charge in [-0.3, -0.25) is 4.79 Å². The summed E-state index contributed by atoms with van der Waals surface area (Å²) in [6.07, 6.45) is 0. The Balaban J connectivity index is 0. The van der Waals surface area contributed by atoms with Crippen LogP contribution in [0.5, 0.6) is 0 Å². The molecule has 0 aliphatic carbocycles. The highest BCUT2D eigenvalue weighted by Crippen LogP contribution is 1.92. The zero-order chi connectivity index (χ0) is 14.4. The summed E-state index contributed by atoms with van der Waals surface area (Å²) >= 11 is 0. The molecule has 0 heterocycles. The van der Waals surface area contributed by atoms with Gasteiger partial charge < -0.3 is 10.0 Å². The fourth-order valence-electron chi connectivity index (χ4n) is 1.21. The van der Waals surface area contributed by atoms with Crippen LogP contribution in [0, 0.1) is 6.92 Å². The van der Waals surface area contributed by atoms with Crippen LogP contribution < -0.4 is 0 Å². The van der Waals surface area contributed by atoms with E-state index >= 15 is 0 Å². The van der Waals surface area contributed by atoms with Crippen molar-refractivity contribution in [2.45, 2.75) is 34.6 Å². The number of rotatable bonds is 3. The van der Waals surface area contributed by atoms with Crippen LogP contribution in [-0.4, -0.2) is 35.6 Å². The van der Waals surface area contributed by atoms with Crippen molar-refractivity contribution in [2.75, 3.05) is 19.6 Å². The van der Waals surface area contributed by atoms with E-state index in [1.54, 1.807) is 0 Å². The van der Waals surface area contributed by atoms with E-state index in [4.69, 9.17) is 9.90 Å². The zero-order valence-corrected chi connectivity index (χ0v) is 12.3. The Morgan fingerprint density at radius 1 is 1.06 bits per heavy atom. The van der Waals surface area contributed by atoms with Gasteiger partial charge in [-0.1, -0.05) is 56.7 Å². The maximum Gasteiger partial charge on any atom is 0.300 e. The molecule has 1 aromatic carbocycles. The van der Waals surface area contributed by atoms with Gasteiger partial charge in [0.05, 0.1) is 0 Å². The van der Waals surface area contributed by atoms with E-state index < -0.39 is 5.97 Å². The average molecular weight is 253 g/mol. The molecular formula is C15H27NO2. The summed E-state index contributed by atoms with van der Waals surface area (Å²) in [4.78, 5) is 11.4. The Labute approximate surface area is 111 Å². The van der Waals surface area contributed by atoms with Crippen LogP contribution >= 0.6 is 0 Å². The third kappa shape index (κ3) is 17.1. The second kappa shape index (κ2) is 13.7. The lowest BCUT2D eigenvalue weighted by atomic mass is 10.2. The van der Waals surface area contributed by atoms with E-state index in [0.717, 1.165) is 6.92 Å². The fraction of sp³-hybridized carbons (Fsp3) is 0.533. The third-order valence-electron chi connectivity index (χ3n) is 2.28. The van der Waals surface area contributed by atoms with E-state index in [0.29, 0.717) is 0 Å². The van der Waals surface area contributed by atoms with Gasteiger partial charge in [-0.15, -0.1) is 0 Å². The first kappa shape index (κ1) is 19.0. The summed E-state index contributed by atoms with van der Waals surface area (Å²) < 4.78 is 0. The highest BCUT2D eigenvalue weighted by Gasteiger charge is 1.89. The molecule has 0 aliphatic heterocycles. The van der Waals surface area contributed by atoms with E-state index in [9.17, 15) is 0 Å². The minimum absolute atomic E-state index is 0.833. The van der Waals surface area contributed by atoms with Crippen LogP contribution in [0.25, 0.3) is 0 Å². The lowest BCUT2D eigenvalue weighted by molar-refractivity contribution is -0.134. The lowest BCUT2D eigenvalue weighted by Gasteiger charge is -2.13. The molecule has 1 aromatic rings. The van der Waals surface area contributed by atoms with Crippen molar-refractivity contribution in [3.63, 3.8) is 0 Å². The van der Waals surface area contributed by atoms with Gasteiger partial charge in [0.2, 0.25) is 0 Å². The molecule has 18 heavy (non-hydrogen) atoms. The maximum absolute atomic E-state index is 9.00. The number of hydrogen-bond acceptors (Lipinski definition) is 2. The first-order chi connectivity index (χ1) is 8.47. The Bertz CT molecular complexity index is 272. The van der Waals surface area contributed by atoms with Crippen molar-refractivity contribution in [3.8, 4) is 0 Å². The van der Waals surface area contributed by atoms with Crippen molar-refractivity contribution < 1.29 is 9.90 Å². The van der Waals surface area contributed by atoms with Crippen LogP contribution in [-0.2, 0) is 4.79 Å². The molecule has 0 bridgehead atoms. The largest absolute Gasteiger partial charge is 0.481 e. The average Bonchev–Trinajstić information content (AvgIpc) is 2.32. The second-order valence-electron chi connectivity index (χ2n) is 3.79. The standard InChI is InChI=1S/C7H8.C6H15N.C2H4O2/c1-7-5-3-2-4-6-7;1-4-7(5-2)6-3;1-2(3)4/h2-6H,1H3;4-6H2,1-3H3;1H3,(H,3,4). The van der Waals surface area contributed by atoms with E-state index in [-0.39, 0.29) is 0 Å². The highest BCUT2D eigenvalue weighted by molar-refractivity contribution is 5.62. The van der Waals surface area contributed by atoms with Crippen LogP contribution in [0.15, 0.2) is 30.3 Å². The molecule has 104 valence electrons. The van der Waals surface area contributed by atoms with Gasteiger partial charge in [0.25, 0.3) is 5.97 Å². The SMILES string of the molecule is CC(=O)O.CCN(CC)CC.Cc1ccccc1. The minimum atomic E-state index is -0.833. The summed E-state index contributed by atoms with van der Waals surface area (Å²) in [5.74, 6) is -0.833. The van der Waals surface area contributed by atoms with Gasteiger partial charge in [0.15, 0.2) is 0 Å². The number of aliphatic carboxylic acids is 1. The molecule has 1 rings (SSSR count). The Morgan fingerprint density at radius 3 is 1.50 bits per heavy atom. The zero-order valence-electron chi connectivity index (χ0n) is 12.3. The normalized spacial score (nSPS) is 8.78. The van der Waals surface area contributed by atoms with Crippen LogP contribution in [0.3, 0.4) is 0 Å². The number of aryl methyl sites for hydroxylation is 1. The van der Waals surface area contributed by atoms with Gasteiger partial charge in [0, 0.05) is 6.92 Å². The van der Waals surface area contributed by atoms with Crippen LogP contribution in [0.1, 0.15) is 33.3 Å². The monoisotopic (exact) mass is 253 g/mol. The van der Waals surface area contributed by atoms with E-state index in [2.05, 4.69) is 44.7 Å². The first-order valence-electron chi connectivity index (χ1n) is 6.41. The Morgan fingerprint density at radius 2 is 1.39 bits per heavy atom. The van der Waals surface area contributed by atoms with Gasteiger partial charge >= 0.3 is 0 Å². The Kier molecular flexibility index (Phi) is 14.5. The molecule has 0 unspecified atom stereocenters. The van der Waals surface area contributed by atoms with Gasteiger partial charge in [-0.2, -0.15) is 0 Å². The van der Waals surface area contributed by atoms with Crippen molar-refractivity contribution in [1.29, 1.82) is 0 Å². The van der Waals surface area contributed by atoms with E-state index in [1.165, 1.54) is 25.2 Å². The predicted octanol–water partition coefficient (Wildman–Crippen LogP) is 3.43. The second-order valence-corrected chi connectivity index (χ2v) is 3.79. The third-order valence-corrected chi connectivity index (χ3v) is 2.28. The van der Waals surface area contributed by atoms with Gasteiger partial charge in [0.1, 0.15) is 0 Å².